The predicted octanol–water partition coefficient (Wildman–Crippen LogP) is 1.82. The maximum absolute atomic E-state index is 12.4. The minimum atomic E-state index is 0.00652. The van der Waals surface area contributed by atoms with Crippen LogP contribution in [0.1, 0.15) is 41.8 Å². The van der Waals surface area contributed by atoms with Crippen LogP contribution in [0.15, 0.2) is 24.3 Å². The molecular formula is C19H25N5O. The van der Waals surface area contributed by atoms with Gasteiger partial charge in [0, 0.05) is 25.4 Å². The van der Waals surface area contributed by atoms with Crippen LogP contribution < -0.4 is 5.32 Å². The number of hydrogen-bond acceptors (Lipinski definition) is 4. The molecule has 0 spiro atoms. The van der Waals surface area contributed by atoms with Crippen LogP contribution in [0.5, 0.6) is 0 Å². The maximum Gasteiger partial charge on any atom is 0.223 e. The highest BCUT2D eigenvalue weighted by molar-refractivity contribution is 5.79. The number of likely N-dealkylation sites (tertiary alicyclic amines) is 1. The van der Waals surface area contributed by atoms with Gasteiger partial charge in [-0.05, 0) is 49.9 Å². The number of rotatable bonds is 5. The highest BCUT2D eigenvalue weighted by atomic mass is 16.1. The van der Waals surface area contributed by atoms with E-state index in [-0.39, 0.29) is 11.8 Å². The molecule has 1 saturated heterocycles. The number of benzene rings is 1. The van der Waals surface area contributed by atoms with E-state index in [1.165, 1.54) is 31.5 Å². The fourth-order valence-electron chi connectivity index (χ4n) is 3.80. The molecule has 25 heavy (non-hydrogen) atoms. The number of fused-ring (bicyclic) bond motifs is 1. The Kier molecular flexibility index (Phi) is 4.78. The molecule has 0 unspecified atom stereocenters. The van der Waals surface area contributed by atoms with Crippen LogP contribution in [0, 0.1) is 5.92 Å². The van der Waals surface area contributed by atoms with Gasteiger partial charge in [-0.15, -0.1) is 0 Å². The second-order valence-electron chi connectivity index (χ2n) is 7.17. The van der Waals surface area contributed by atoms with Crippen LogP contribution in [-0.4, -0.2) is 39.3 Å². The number of hydrogen-bond donors (Lipinski definition) is 2. The van der Waals surface area contributed by atoms with E-state index in [0.29, 0.717) is 13.0 Å². The van der Waals surface area contributed by atoms with E-state index in [4.69, 9.17) is 0 Å². The lowest BCUT2D eigenvalue weighted by Crippen LogP contribution is -2.33. The average molecular weight is 339 g/mol. The summed E-state index contributed by atoms with van der Waals surface area (Å²) in [6.07, 6.45) is 5.00. The SMILES string of the molecule is O=C(NCc1ccc(CN2CCCC2)cc1)[C@H]1CCc2n[nH]nc2C1. The smallest absolute Gasteiger partial charge is 0.223 e. The molecule has 132 valence electrons. The normalized spacial score (nSPS) is 20.4. The number of nitrogens with zero attached hydrogens (tertiary/aromatic N) is 3. The van der Waals surface area contributed by atoms with Crippen molar-refractivity contribution in [2.24, 2.45) is 5.92 Å². The zero-order chi connectivity index (χ0) is 17.1. The monoisotopic (exact) mass is 339 g/mol. The van der Waals surface area contributed by atoms with Crippen LogP contribution in [0.3, 0.4) is 0 Å². The van der Waals surface area contributed by atoms with Gasteiger partial charge in [0.15, 0.2) is 0 Å². The minimum absolute atomic E-state index is 0.00652. The minimum Gasteiger partial charge on any atom is -0.352 e. The quantitative estimate of drug-likeness (QED) is 0.871. The number of aromatic amines is 1. The van der Waals surface area contributed by atoms with E-state index >= 15 is 0 Å². The van der Waals surface area contributed by atoms with Gasteiger partial charge in [0.1, 0.15) is 0 Å². The van der Waals surface area contributed by atoms with Gasteiger partial charge in [-0.25, -0.2) is 0 Å². The van der Waals surface area contributed by atoms with Crippen LogP contribution in [0.2, 0.25) is 0 Å². The fourth-order valence-corrected chi connectivity index (χ4v) is 3.80. The molecule has 1 amide bonds. The van der Waals surface area contributed by atoms with Crippen molar-refractivity contribution >= 4 is 5.91 Å². The Morgan fingerprint density at radius 3 is 2.64 bits per heavy atom. The first-order valence-corrected chi connectivity index (χ1v) is 9.24. The summed E-state index contributed by atoms with van der Waals surface area (Å²) in [5, 5.41) is 14.0. The van der Waals surface area contributed by atoms with Gasteiger partial charge in [-0.1, -0.05) is 24.3 Å². The van der Waals surface area contributed by atoms with Gasteiger partial charge < -0.3 is 5.32 Å². The summed E-state index contributed by atoms with van der Waals surface area (Å²) in [5.41, 5.74) is 4.45. The summed E-state index contributed by atoms with van der Waals surface area (Å²) in [6.45, 7) is 4.05. The van der Waals surface area contributed by atoms with E-state index in [9.17, 15) is 4.79 Å². The third-order valence-corrected chi connectivity index (χ3v) is 5.34. The fraction of sp³-hybridized carbons (Fsp3) is 0.526. The number of H-pyrrole nitrogens is 1. The van der Waals surface area contributed by atoms with Gasteiger partial charge in [0.2, 0.25) is 5.91 Å². The van der Waals surface area contributed by atoms with Crippen molar-refractivity contribution in [2.75, 3.05) is 13.1 Å². The largest absolute Gasteiger partial charge is 0.352 e. The third-order valence-electron chi connectivity index (χ3n) is 5.34. The standard InChI is InChI=1S/C19H25N5O/c25-19(16-7-8-17-18(11-16)22-23-21-17)20-12-14-3-5-15(6-4-14)13-24-9-1-2-10-24/h3-6,16H,1-2,7-13H2,(H,20,25)(H,21,22,23)/t16-/m0/s1. The van der Waals surface area contributed by atoms with Crippen molar-refractivity contribution in [3.05, 3.63) is 46.8 Å². The second kappa shape index (κ2) is 7.35. The molecule has 0 radical (unpaired) electrons. The van der Waals surface area contributed by atoms with E-state index in [1.807, 2.05) is 0 Å². The molecule has 1 atom stereocenters. The van der Waals surface area contributed by atoms with Gasteiger partial charge in [0.05, 0.1) is 11.4 Å². The number of amides is 1. The number of carbonyl (C=O) groups excluding carboxylic acids is 1. The van der Waals surface area contributed by atoms with Crippen LogP contribution in [-0.2, 0) is 30.7 Å². The third kappa shape index (κ3) is 3.90. The number of aromatic nitrogens is 3. The average Bonchev–Trinajstić information content (AvgIpc) is 3.31. The number of aryl methyl sites for hydroxylation is 1. The summed E-state index contributed by atoms with van der Waals surface area (Å²) < 4.78 is 0. The Morgan fingerprint density at radius 2 is 1.84 bits per heavy atom. The first kappa shape index (κ1) is 16.3. The molecule has 2 aliphatic rings. The van der Waals surface area contributed by atoms with E-state index in [1.54, 1.807) is 0 Å². The lowest BCUT2D eigenvalue weighted by atomic mass is 9.89. The number of carbonyl (C=O) groups is 1. The van der Waals surface area contributed by atoms with Crippen LogP contribution in [0.4, 0.5) is 0 Å². The second-order valence-corrected chi connectivity index (χ2v) is 7.17. The van der Waals surface area contributed by atoms with Gasteiger partial charge >= 0.3 is 0 Å². The first-order valence-electron chi connectivity index (χ1n) is 9.24. The Bertz CT molecular complexity index is 718. The van der Waals surface area contributed by atoms with Crippen molar-refractivity contribution in [3.63, 3.8) is 0 Å². The zero-order valence-corrected chi connectivity index (χ0v) is 14.5. The topological polar surface area (TPSA) is 73.9 Å². The maximum atomic E-state index is 12.4. The molecule has 1 fully saturated rings. The van der Waals surface area contributed by atoms with Crippen molar-refractivity contribution in [3.8, 4) is 0 Å². The summed E-state index contributed by atoms with van der Waals surface area (Å²) in [6, 6.07) is 8.62. The molecule has 2 N–H and O–H groups in total. The van der Waals surface area contributed by atoms with Gasteiger partial charge in [0.25, 0.3) is 0 Å². The van der Waals surface area contributed by atoms with Crippen molar-refractivity contribution in [1.29, 1.82) is 0 Å². The van der Waals surface area contributed by atoms with Crippen molar-refractivity contribution in [2.45, 2.75) is 45.2 Å². The van der Waals surface area contributed by atoms with E-state index < -0.39 is 0 Å². The Hall–Kier alpha value is -2.21. The molecule has 0 bridgehead atoms. The van der Waals surface area contributed by atoms with Crippen molar-refractivity contribution in [1.82, 2.24) is 25.6 Å². The lowest BCUT2D eigenvalue weighted by Gasteiger charge is -2.19. The lowest BCUT2D eigenvalue weighted by molar-refractivity contribution is -0.125. The van der Waals surface area contributed by atoms with Gasteiger partial charge in [-0.2, -0.15) is 15.4 Å². The highest BCUT2D eigenvalue weighted by Crippen LogP contribution is 2.22. The molecule has 4 rings (SSSR count). The summed E-state index contributed by atoms with van der Waals surface area (Å²) in [5.74, 6) is 0.127. The van der Waals surface area contributed by atoms with Gasteiger partial charge in [-0.3, -0.25) is 9.69 Å². The Labute approximate surface area is 148 Å². The molecule has 0 saturated carbocycles. The number of nitrogens with one attached hydrogen (secondary N) is 2. The molecule has 2 heterocycles. The first-order chi connectivity index (χ1) is 12.3. The zero-order valence-electron chi connectivity index (χ0n) is 14.5. The molecule has 1 aliphatic heterocycles. The summed E-state index contributed by atoms with van der Waals surface area (Å²) in [7, 11) is 0. The molecule has 1 aliphatic carbocycles. The van der Waals surface area contributed by atoms with Crippen molar-refractivity contribution < 1.29 is 4.79 Å². The molecule has 6 nitrogen and oxygen atoms in total. The van der Waals surface area contributed by atoms with E-state index in [0.717, 1.165) is 36.3 Å². The Balaban J connectivity index is 1.27. The molecule has 1 aromatic heterocycles. The summed E-state index contributed by atoms with van der Waals surface area (Å²) in [4.78, 5) is 14.9. The molecule has 2 aromatic rings. The summed E-state index contributed by atoms with van der Waals surface area (Å²) >= 11 is 0. The highest BCUT2D eigenvalue weighted by Gasteiger charge is 2.26. The molecule has 1 aromatic carbocycles. The Morgan fingerprint density at radius 1 is 1.12 bits per heavy atom. The van der Waals surface area contributed by atoms with E-state index in [2.05, 4.69) is 49.9 Å². The van der Waals surface area contributed by atoms with Crippen LogP contribution >= 0.6 is 0 Å². The predicted molar refractivity (Wildman–Crippen MR) is 94.7 cm³/mol. The van der Waals surface area contributed by atoms with Crippen LogP contribution in [0.25, 0.3) is 0 Å². The molecule has 6 heteroatoms. The molecular weight excluding hydrogens is 314 g/mol.